The van der Waals surface area contributed by atoms with Crippen molar-refractivity contribution in [2.45, 2.75) is 19.4 Å². The second-order valence-corrected chi connectivity index (χ2v) is 6.52. The van der Waals surface area contributed by atoms with Gasteiger partial charge in [-0.05, 0) is 36.2 Å². The van der Waals surface area contributed by atoms with E-state index in [-0.39, 0.29) is 12.3 Å². The standard InChI is InChI=1S/C20H19ClN2O3/c1-12-5-3-7-14-10-17(22-19(12)14)20(25)23-16(11-18(24)26-2)13-6-4-8-15(21)9-13/h3-10,16,22H,11H2,1-2H3,(H,23,25)/t16-/m1/s1. The first kappa shape index (κ1) is 18.0. The Bertz CT molecular complexity index is 965. The Morgan fingerprint density at radius 1 is 1.19 bits per heavy atom. The Morgan fingerprint density at radius 3 is 2.65 bits per heavy atom. The van der Waals surface area contributed by atoms with Crippen molar-refractivity contribution in [2.24, 2.45) is 0 Å². The number of esters is 1. The molecule has 2 N–H and O–H groups in total. The maximum Gasteiger partial charge on any atom is 0.307 e. The van der Waals surface area contributed by atoms with Crippen molar-refractivity contribution in [1.29, 1.82) is 0 Å². The van der Waals surface area contributed by atoms with Crippen molar-refractivity contribution >= 4 is 34.4 Å². The number of hydrogen-bond acceptors (Lipinski definition) is 3. The number of benzene rings is 2. The maximum absolute atomic E-state index is 12.7. The lowest BCUT2D eigenvalue weighted by atomic mass is 10.0. The largest absolute Gasteiger partial charge is 0.469 e. The molecule has 26 heavy (non-hydrogen) atoms. The molecule has 0 aliphatic carbocycles. The van der Waals surface area contributed by atoms with E-state index in [0.29, 0.717) is 10.7 Å². The molecule has 0 radical (unpaired) electrons. The van der Waals surface area contributed by atoms with Gasteiger partial charge in [0.2, 0.25) is 0 Å². The smallest absolute Gasteiger partial charge is 0.307 e. The minimum atomic E-state index is -0.541. The molecule has 1 amide bonds. The number of carbonyl (C=O) groups excluding carboxylic acids is 2. The van der Waals surface area contributed by atoms with Crippen LogP contribution in [0.1, 0.15) is 34.1 Å². The predicted octanol–water partition coefficient (Wildman–Crippen LogP) is 4.16. The molecule has 5 nitrogen and oxygen atoms in total. The van der Waals surface area contributed by atoms with Crippen LogP contribution in [0.5, 0.6) is 0 Å². The van der Waals surface area contributed by atoms with Gasteiger partial charge in [0.1, 0.15) is 5.69 Å². The Morgan fingerprint density at radius 2 is 1.96 bits per heavy atom. The van der Waals surface area contributed by atoms with Gasteiger partial charge in [-0.1, -0.05) is 41.9 Å². The number of para-hydroxylation sites is 1. The van der Waals surface area contributed by atoms with Crippen LogP contribution < -0.4 is 5.32 Å². The first-order valence-corrected chi connectivity index (χ1v) is 8.57. The molecule has 1 heterocycles. The fourth-order valence-electron chi connectivity index (χ4n) is 2.89. The van der Waals surface area contributed by atoms with E-state index in [9.17, 15) is 9.59 Å². The van der Waals surface area contributed by atoms with Gasteiger partial charge in [0.25, 0.3) is 5.91 Å². The lowest BCUT2D eigenvalue weighted by molar-refractivity contribution is -0.141. The Hall–Kier alpha value is -2.79. The van der Waals surface area contributed by atoms with Gasteiger partial charge >= 0.3 is 5.97 Å². The molecular weight excluding hydrogens is 352 g/mol. The van der Waals surface area contributed by atoms with Gasteiger partial charge in [-0.3, -0.25) is 9.59 Å². The van der Waals surface area contributed by atoms with Gasteiger partial charge < -0.3 is 15.0 Å². The number of carbonyl (C=O) groups is 2. The van der Waals surface area contributed by atoms with E-state index in [4.69, 9.17) is 16.3 Å². The number of rotatable bonds is 5. The highest BCUT2D eigenvalue weighted by Crippen LogP contribution is 2.23. The van der Waals surface area contributed by atoms with E-state index in [2.05, 4.69) is 10.3 Å². The van der Waals surface area contributed by atoms with E-state index in [1.54, 1.807) is 24.3 Å². The quantitative estimate of drug-likeness (QED) is 0.662. The summed E-state index contributed by atoms with van der Waals surface area (Å²) in [6.45, 7) is 1.98. The highest BCUT2D eigenvalue weighted by atomic mass is 35.5. The zero-order valence-corrected chi connectivity index (χ0v) is 15.3. The van der Waals surface area contributed by atoms with Crippen LogP contribution >= 0.6 is 11.6 Å². The van der Waals surface area contributed by atoms with Crippen molar-refractivity contribution in [3.8, 4) is 0 Å². The van der Waals surface area contributed by atoms with E-state index in [1.807, 2.05) is 31.2 Å². The summed E-state index contributed by atoms with van der Waals surface area (Å²) >= 11 is 6.05. The molecule has 3 aromatic rings. The lowest BCUT2D eigenvalue weighted by Crippen LogP contribution is -2.30. The van der Waals surface area contributed by atoms with Gasteiger partial charge in [-0.25, -0.2) is 0 Å². The Labute approximate surface area is 156 Å². The summed E-state index contributed by atoms with van der Waals surface area (Å²) in [5.74, 6) is -0.711. The average Bonchev–Trinajstić information content (AvgIpc) is 3.07. The highest BCUT2D eigenvalue weighted by molar-refractivity contribution is 6.30. The summed E-state index contributed by atoms with van der Waals surface area (Å²) in [6.07, 6.45) is 0.0157. The molecule has 0 spiro atoms. The van der Waals surface area contributed by atoms with Gasteiger partial charge in [-0.15, -0.1) is 0 Å². The number of methoxy groups -OCH3 is 1. The molecule has 0 fully saturated rings. The van der Waals surface area contributed by atoms with Crippen LogP contribution in [0.2, 0.25) is 5.02 Å². The zero-order chi connectivity index (χ0) is 18.7. The van der Waals surface area contributed by atoms with E-state index in [0.717, 1.165) is 22.0 Å². The molecule has 0 aliphatic heterocycles. The molecule has 0 bridgehead atoms. The number of aryl methyl sites for hydroxylation is 1. The SMILES string of the molecule is COC(=O)C[C@@H](NC(=O)c1cc2cccc(C)c2[nH]1)c1cccc(Cl)c1. The van der Waals surface area contributed by atoms with E-state index >= 15 is 0 Å². The van der Waals surface area contributed by atoms with Crippen LogP contribution in [0.25, 0.3) is 10.9 Å². The zero-order valence-electron chi connectivity index (χ0n) is 14.5. The summed E-state index contributed by atoms with van der Waals surface area (Å²) in [5, 5.41) is 4.39. The second kappa shape index (κ2) is 7.62. The van der Waals surface area contributed by atoms with Crippen molar-refractivity contribution in [3.05, 3.63) is 70.4 Å². The number of hydrogen-bond donors (Lipinski definition) is 2. The molecular formula is C20H19ClN2O3. The summed E-state index contributed by atoms with van der Waals surface area (Å²) in [4.78, 5) is 27.7. The van der Waals surface area contributed by atoms with Crippen LogP contribution in [0.3, 0.4) is 0 Å². The van der Waals surface area contributed by atoms with E-state index < -0.39 is 12.0 Å². The van der Waals surface area contributed by atoms with Crippen molar-refractivity contribution in [1.82, 2.24) is 10.3 Å². The molecule has 3 rings (SSSR count). The molecule has 2 aromatic carbocycles. The number of ether oxygens (including phenoxy) is 1. The first-order chi connectivity index (χ1) is 12.5. The third-order valence-electron chi connectivity index (χ3n) is 4.26. The summed E-state index contributed by atoms with van der Waals surface area (Å²) in [5.41, 5.74) is 3.15. The van der Waals surface area contributed by atoms with Crippen LogP contribution in [-0.2, 0) is 9.53 Å². The lowest BCUT2D eigenvalue weighted by Gasteiger charge is -2.18. The predicted molar refractivity (Wildman–Crippen MR) is 101 cm³/mol. The number of fused-ring (bicyclic) bond motifs is 1. The second-order valence-electron chi connectivity index (χ2n) is 6.08. The molecule has 6 heteroatoms. The first-order valence-electron chi connectivity index (χ1n) is 8.19. The molecule has 0 unspecified atom stereocenters. The third kappa shape index (κ3) is 3.89. The summed E-state index contributed by atoms with van der Waals surface area (Å²) in [7, 11) is 1.32. The van der Waals surface area contributed by atoms with Crippen molar-refractivity contribution in [2.75, 3.05) is 7.11 Å². The number of amides is 1. The number of nitrogens with one attached hydrogen (secondary N) is 2. The number of halogens is 1. The minimum Gasteiger partial charge on any atom is -0.469 e. The molecule has 0 aliphatic rings. The van der Waals surface area contributed by atoms with Gasteiger partial charge in [-0.2, -0.15) is 0 Å². The number of aromatic amines is 1. The van der Waals surface area contributed by atoms with Gasteiger partial charge in [0.15, 0.2) is 0 Å². The fourth-order valence-corrected chi connectivity index (χ4v) is 3.09. The highest BCUT2D eigenvalue weighted by Gasteiger charge is 2.21. The van der Waals surface area contributed by atoms with Crippen LogP contribution in [0, 0.1) is 6.92 Å². The summed E-state index contributed by atoms with van der Waals surface area (Å²) < 4.78 is 4.75. The monoisotopic (exact) mass is 370 g/mol. The molecule has 1 aromatic heterocycles. The molecule has 134 valence electrons. The number of H-pyrrole nitrogens is 1. The topological polar surface area (TPSA) is 71.2 Å². The van der Waals surface area contributed by atoms with Gasteiger partial charge in [0.05, 0.1) is 19.6 Å². The summed E-state index contributed by atoms with van der Waals surface area (Å²) in [6, 6.07) is 14.2. The van der Waals surface area contributed by atoms with E-state index in [1.165, 1.54) is 7.11 Å². The van der Waals surface area contributed by atoms with Crippen LogP contribution in [0.15, 0.2) is 48.5 Å². The Kier molecular flexibility index (Phi) is 5.28. The third-order valence-corrected chi connectivity index (χ3v) is 4.50. The van der Waals surface area contributed by atoms with Gasteiger partial charge in [0, 0.05) is 15.9 Å². The molecule has 0 saturated carbocycles. The van der Waals surface area contributed by atoms with Crippen molar-refractivity contribution in [3.63, 3.8) is 0 Å². The molecule has 1 atom stereocenters. The van der Waals surface area contributed by atoms with Crippen LogP contribution in [0.4, 0.5) is 0 Å². The fraction of sp³-hybridized carbons (Fsp3) is 0.200. The number of aromatic nitrogens is 1. The Balaban J connectivity index is 1.88. The van der Waals surface area contributed by atoms with Crippen molar-refractivity contribution < 1.29 is 14.3 Å². The average molecular weight is 371 g/mol. The van der Waals surface area contributed by atoms with Crippen LogP contribution in [-0.4, -0.2) is 24.0 Å². The molecule has 0 saturated heterocycles. The maximum atomic E-state index is 12.7. The minimum absolute atomic E-state index is 0.0157. The normalized spacial score (nSPS) is 12.0.